The summed E-state index contributed by atoms with van der Waals surface area (Å²) in [7, 11) is 0. The third kappa shape index (κ3) is 7.40. The molecule has 0 bridgehead atoms. The molecule has 0 aliphatic carbocycles. The van der Waals surface area contributed by atoms with Crippen LogP contribution in [-0.2, 0) is 9.08 Å². The number of hydrogen-bond donors (Lipinski definition) is 0. The first kappa shape index (κ1) is 10.5. The van der Waals surface area contributed by atoms with Crippen LogP contribution in [0, 0.1) is 0 Å². The summed E-state index contributed by atoms with van der Waals surface area (Å²) >= 11 is 4.79. The molecule has 0 aromatic heterocycles. The minimum atomic E-state index is -0.497. The molecule has 0 fully saturated rings. The van der Waals surface area contributed by atoms with E-state index in [4.69, 9.17) is 11.9 Å². The molecule has 0 unspecified atom stereocenters. The van der Waals surface area contributed by atoms with Crippen LogP contribution in [0.3, 0.4) is 0 Å². The van der Waals surface area contributed by atoms with Crippen molar-refractivity contribution in [3.05, 3.63) is 12.2 Å². The van der Waals surface area contributed by atoms with E-state index < -0.39 is 5.97 Å². The maximum atomic E-state index is 10.4. The van der Waals surface area contributed by atoms with E-state index in [1.807, 2.05) is 0 Å². The highest BCUT2D eigenvalue weighted by Gasteiger charge is 1.90. The van der Waals surface area contributed by atoms with Gasteiger partial charge in [0.25, 0.3) is 0 Å². The molecule has 0 saturated heterocycles. The Bertz CT molecular complexity index is 132. The molecule has 0 N–H and O–H groups in total. The molecule has 3 heteroatoms. The fraction of sp³-hybridized carbons (Fsp3) is 0.625. The first-order chi connectivity index (χ1) is 5.31. The summed E-state index contributed by atoms with van der Waals surface area (Å²) in [6.07, 6.45) is 7.54. The van der Waals surface area contributed by atoms with E-state index >= 15 is 0 Å². The van der Waals surface area contributed by atoms with Gasteiger partial charge in [-0.2, -0.15) is 0 Å². The predicted octanol–water partition coefficient (Wildman–Crippen LogP) is 2.82. The smallest absolute Gasteiger partial charge is 0.344 e. The van der Waals surface area contributed by atoms with Gasteiger partial charge in [0.2, 0.25) is 0 Å². The third-order valence-electron chi connectivity index (χ3n) is 1.30. The second kappa shape index (κ2) is 7.61. The third-order valence-corrected chi connectivity index (χ3v) is 1.46. The minimum Gasteiger partial charge on any atom is -0.344 e. The molecule has 0 aliphatic heterocycles. The van der Waals surface area contributed by atoms with Crippen LogP contribution in [0.2, 0.25) is 0 Å². The molecule has 0 heterocycles. The number of unbranched alkanes of at least 4 members (excludes halogenated alkanes) is 3. The van der Waals surface area contributed by atoms with E-state index in [-0.39, 0.29) is 0 Å². The molecule has 0 amide bonds. The fourth-order valence-corrected chi connectivity index (χ4v) is 0.769. The molecule has 0 aromatic carbocycles. The molecule has 11 heavy (non-hydrogen) atoms. The second-order valence-corrected chi connectivity index (χ2v) is 2.45. The van der Waals surface area contributed by atoms with E-state index in [0.29, 0.717) is 0 Å². The van der Waals surface area contributed by atoms with Crippen LogP contribution in [0.1, 0.15) is 32.6 Å². The zero-order valence-corrected chi connectivity index (χ0v) is 7.43. The van der Waals surface area contributed by atoms with Gasteiger partial charge in [-0.05, 0) is 12.8 Å². The zero-order chi connectivity index (χ0) is 8.53. The van der Waals surface area contributed by atoms with Crippen molar-refractivity contribution in [1.82, 2.24) is 0 Å². The minimum absolute atomic E-state index is 0.497. The monoisotopic (exact) mass is 176 g/mol. The van der Waals surface area contributed by atoms with Crippen LogP contribution in [0.4, 0.5) is 0 Å². The molecule has 0 radical (unpaired) electrons. The Hall–Kier alpha value is -0.500. The Morgan fingerprint density at radius 1 is 1.55 bits per heavy atom. The summed E-state index contributed by atoms with van der Waals surface area (Å²) < 4.78 is 3.90. The van der Waals surface area contributed by atoms with E-state index in [1.165, 1.54) is 18.9 Å². The van der Waals surface area contributed by atoms with Gasteiger partial charge in [0.05, 0.1) is 0 Å². The summed E-state index contributed by atoms with van der Waals surface area (Å²) in [6.45, 7) is 2.14. The number of carbonyl (C=O) groups is 1. The molecule has 0 spiro atoms. The van der Waals surface area contributed by atoms with Crippen molar-refractivity contribution in [1.29, 1.82) is 0 Å². The first-order valence-electron chi connectivity index (χ1n) is 3.80. The van der Waals surface area contributed by atoms with Crippen LogP contribution in [-0.4, -0.2) is 5.97 Å². The summed E-state index contributed by atoms with van der Waals surface area (Å²) in [4.78, 5) is 10.4. The average molecular weight is 177 g/mol. The highest BCUT2D eigenvalue weighted by molar-refractivity contribution is 6.14. The average Bonchev–Trinajstić information content (AvgIpc) is 2.04. The van der Waals surface area contributed by atoms with Gasteiger partial charge in [-0.1, -0.05) is 25.8 Å². The molecule has 0 atom stereocenters. The molecule has 0 rings (SSSR count). The van der Waals surface area contributed by atoms with Crippen molar-refractivity contribution in [2.75, 3.05) is 0 Å². The summed E-state index contributed by atoms with van der Waals surface area (Å²) in [5, 5.41) is 0. The van der Waals surface area contributed by atoms with E-state index in [2.05, 4.69) is 11.2 Å². The van der Waals surface area contributed by atoms with E-state index in [0.717, 1.165) is 12.8 Å². The Labute approximate surface area is 72.4 Å². The van der Waals surface area contributed by atoms with Crippen molar-refractivity contribution in [2.45, 2.75) is 32.6 Å². The van der Waals surface area contributed by atoms with Crippen molar-refractivity contribution in [3.8, 4) is 0 Å². The number of hydrogen-bond acceptors (Lipinski definition) is 2. The molecular weight excluding hydrogens is 164 g/mol. The fourth-order valence-electron chi connectivity index (χ4n) is 0.717. The summed E-state index contributed by atoms with van der Waals surface area (Å²) in [5.41, 5.74) is 0. The lowest BCUT2D eigenvalue weighted by molar-refractivity contribution is -0.128. The quantitative estimate of drug-likeness (QED) is 0.476. The Morgan fingerprint density at radius 3 is 2.82 bits per heavy atom. The zero-order valence-electron chi connectivity index (χ0n) is 6.68. The van der Waals surface area contributed by atoms with Gasteiger partial charge < -0.3 is 4.29 Å². The summed E-state index contributed by atoms with van der Waals surface area (Å²) in [5.74, 6) is -0.497. The lowest BCUT2D eigenvalue weighted by Gasteiger charge is -1.90. The number of rotatable bonds is 5. The van der Waals surface area contributed by atoms with Crippen molar-refractivity contribution < 1.29 is 9.08 Å². The Kier molecular flexibility index (Phi) is 7.26. The number of carbonyl (C=O) groups excluding carboxylic acids is 1. The van der Waals surface area contributed by atoms with Gasteiger partial charge in [0.15, 0.2) is 0 Å². The van der Waals surface area contributed by atoms with Crippen LogP contribution in [0.5, 0.6) is 0 Å². The van der Waals surface area contributed by atoms with Gasteiger partial charge in [-0.3, -0.25) is 0 Å². The molecule has 64 valence electrons. The van der Waals surface area contributed by atoms with Crippen LogP contribution >= 0.6 is 11.9 Å². The van der Waals surface area contributed by atoms with Crippen LogP contribution in [0.15, 0.2) is 12.2 Å². The topological polar surface area (TPSA) is 26.3 Å². The highest BCUT2D eigenvalue weighted by Crippen LogP contribution is 1.99. The standard InChI is InChI=1S/C8H13ClO2/c1-2-3-4-5-6-7-8(10)11-9/h6-7H,2-5H2,1H3/b7-6+. The van der Waals surface area contributed by atoms with Gasteiger partial charge in [-0.15, -0.1) is 0 Å². The van der Waals surface area contributed by atoms with Crippen molar-refractivity contribution in [2.24, 2.45) is 0 Å². The second-order valence-electron chi connectivity index (χ2n) is 2.29. The lowest BCUT2D eigenvalue weighted by atomic mass is 10.2. The largest absolute Gasteiger partial charge is 0.348 e. The molecular formula is C8H13ClO2. The SMILES string of the molecule is CCCCC/C=C/C(=O)OCl. The van der Waals surface area contributed by atoms with Crippen molar-refractivity contribution >= 4 is 17.8 Å². The molecule has 0 aliphatic rings. The maximum absolute atomic E-state index is 10.4. The number of halogens is 1. The maximum Gasteiger partial charge on any atom is 0.348 e. The van der Waals surface area contributed by atoms with E-state index in [1.54, 1.807) is 6.08 Å². The predicted molar refractivity (Wildman–Crippen MR) is 45.2 cm³/mol. The van der Waals surface area contributed by atoms with Crippen molar-refractivity contribution in [3.63, 3.8) is 0 Å². The molecule has 0 aromatic rings. The van der Waals surface area contributed by atoms with Crippen LogP contribution in [0.25, 0.3) is 0 Å². The van der Waals surface area contributed by atoms with Gasteiger partial charge in [-0.25, -0.2) is 4.79 Å². The normalized spacial score (nSPS) is 10.4. The molecule has 0 saturated carbocycles. The van der Waals surface area contributed by atoms with E-state index in [9.17, 15) is 4.79 Å². The summed E-state index contributed by atoms with van der Waals surface area (Å²) in [6, 6.07) is 0. The van der Waals surface area contributed by atoms with Gasteiger partial charge in [0.1, 0.15) is 11.9 Å². The Morgan fingerprint density at radius 2 is 2.27 bits per heavy atom. The Balaban J connectivity index is 3.22. The lowest BCUT2D eigenvalue weighted by Crippen LogP contribution is -1.88. The van der Waals surface area contributed by atoms with Gasteiger partial charge in [0, 0.05) is 6.08 Å². The highest BCUT2D eigenvalue weighted by atomic mass is 35.5. The molecule has 2 nitrogen and oxygen atoms in total. The van der Waals surface area contributed by atoms with Crippen LogP contribution < -0.4 is 0 Å². The number of allylic oxidation sites excluding steroid dienone is 1. The van der Waals surface area contributed by atoms with Gasteiger partial charge >= 0.3 is 5.97 Å². The first-order valence-corrected chi connectivity index (χ1v) is 4.11.